The fourth-order valence-electron chi connectivity index (χ4n) is 2.94. The molecular weight excluding hydrogens is 281 g/mol. The van der Waals surface area contributed by atoms with E-state index in [9.17, 15) is 18.0 Å². The Morgan fingerprint density at radius 3 is 2.42 bits per heavy atom. The molecule has 1 heterocycles. The number of carbonyl (C=O) groups excluding carboxylic acids is 1. The fourth-order valence-corrected chi connectivity index (χ4v) is 2.94. The van der Waals surface area contributed by atoms with Crippen molar-refractivity contribution < 1.29 is 18.0 Å². The molecule has 0 aromatic carbocycles. The van der Waals surface area contributed by atoms with E-state index in [0.29, 0.717) is 25.8 Å². The Morgan fingerprint density at radius 1 is 1.21 bits per heavy atom. The number of nitrogens with zero attached hydrogens (tertiary/aromatic N) is 1. The van der Waals surface area contributed by atoms with Crippen molar-refractivity contribution in [3.63, 3.8) is 0 Å². The van der Waals surface area contributed by atoms with E-state index in [-0.39, 0.29) is 43.2 Å². The van der Waals surface area contributed by atoms with E-state index in [1.54, 1.807) is 0 Å². The summed E-state index contributed by atoms with van der Waals surface area (Å²) in [5, 5.41) is 0. The summed E-state index contributed by atoms with van der Waals surface area (Å²) in [7, 11) is 0. The molecule has 1 amide bonds. The van der Waals surface area contributed by atoms with Gasteiger partial charge in [-0.15, -0.1) is 12.4 Å². The molecule has 2 rings (SSSR count). The van der Waals surface area contributed by atoms with E-state index in [1.165, 1.54) is 4.90 Å². The van der Waals surface area contributed by atoms with Crippen LogP contribution in [0.5, 0.6) is 0 Å². The quantitative estimate of drug-likeness (QED) is 0.808. The van der Waals surface area contributed by atoms with Crippen LogP contribution in [-0.2, 0) is 4.79 Å². The molecule has 3 atom stereocenters. The summed E-state index contributed by atoms with van der Waals surface area (Å²) in [6.45, 7) is 0.283. The largest absolute Gasteiger partial charge is 0.393 e. The lowest BCUT2D eigenvalue weighted by molar-refractivity contribution is -0.188. The van der Waals surface area contributed by atoms with Gasteiger partial charge in [0.05, 0.1) is 5.92 Å². The minimum atomic E-state index is -4.19. The van der Waals surface area contributed by atoms with Crippen molar-refractivity contribution in [1.82, 2.24) is 4.90 Å². The van der Waals surface area contributed by atoms with Gasteiger partial charge in [0.25, 0.3) is 0 Å². The molecule has 0 aromatic rings. The molecule has 7 heteroatoms. The number of likely N-dealkylation sites (tertiary alicyclic amines) is 1. The Morgan fingerprint density at radius 2 is 1.89 bits per heavy atom. The number of hydrogen-bond donors (Lipinski definition) is 1. The van der Waals surface area contributed by atoms with Crippen molar-refractivity contribution in [2.24, 2.45) is 17.6 Å². The molecule has 3 nitrogen and oxygen atoms in total. The van der Waals surface area contributed by atoms with E-state index in [0.717, 1.165) is 6.42 Å². The van der Waals surface area contributed by atoms with Gasteiger partial charge in [-0.05, 0) is 32.1 Å². The Balaban J connectivity index is 0.00000180. The summed E-state index contributed by atoms with van der Waals surface area (Å²) in [4.78, 5) is 13.5. The van der Waals surface area contributed by atoms with Gasteiger partial charge in [-0.3, -0.25) is 4.79 Å². The SMILES string of the molecule is Cl.NC1CCC(C(=O)N2CCCC(C(F)(F)F)C2)C1. The molecule has 2 N–H and O–H groups in total. The van der Waals surface area contributed by atoms with E-state index >= 15 is 0 Å². The molecule has 19 heavy (non-hydrogen) atoms. The van der Waals surface area contributed by atoms with Crippen LogP contribution in [0.3, 0.4) is 0 Å². The highest BCUT2D eigenvalue weighted by atomic mass is 35.5. The summed E-state index contributed by atoms with van der Waals surface area (Å²) in [5.41, 5.74) is 5.74. The minimum Gasteiger partial charge on any atom is -0.342 e. The van der Waals surface area contributed by atoms with Crippen LogP contribution in [0.15, 0.2) is 0 Å². The number of rotatable bonds is 1. The van der Waals surface area contributed by atoms with E-state index in [1.807, 2.05) is 0 Å². The van der Waals surface area contributed by atoms with Gasteiger partial charge in [0.15, 0.2) is 0 Å². The number of nitrogens with two attached hydrogens (primary N) is 1. The van der Waals surface area contributed by atoms with Crippen LogP contribution in [-0.4, -0.2) is 36.1 Å². The number of amides is 1. The van der Waals surface area contributed by atoms with Crippen LogP contribution in [0.1, 0.15) is 32.1 Å². The summed E-state index contributed by atoms with van der Waals surface area (Å²) in [6.07, 6.45) is -1.48. The second-order valence-corrected chi connectivity index (χ2v) is 5.44. The van der Waals surface area contributed by atoms with Crippen molar-refractivity contribution in [1.29, 1.82) is 0 Å². The van der Waals surface area contributed by atoms with Crippen molar-refractivity contribution in [3.05, 3.63) is 0 Å². The third kappa shape index (κ3) is 3.99. The number of alkyl halides is 3. The third-order valence-electron chi connectivity index (χ3n) is 4.02. The van der Waals surface area contributed by atoms with Gasteiger partial charge in [-0.1, -0.05) is 0 Å². The number of piperidine rings is 1. The predicted octanol–water partition coefficient (Wildman–Crippen LogP) is 2.34. The summed E-state index contributed by atoms with van der Waals surface area (Å²) >= 11 is 0. The lowest BCUT2D eigenvalue weighted by Gasteiger charge is -2.35. The van der Waals surface area contributed by atoms with E-state index < -0.39 is 12.1 Å². The highest BCUT2D eigenvalue weighted by molar-refractivity contribution is 5.85. The topological polar surface area (TPSA) is 46.3 Å². The lowest BCUT2D eigenvalue weighted by Crippen LogP contribution is -2.46. The maximum atomic E-state index is 12.7. The zero-order valence-electron chi connectivity index (χ0n) is 10.7. The molecule has 1 saturated heterocycles. The van der Waals surface area contributed by atoms with Gasteiger partial charge in [-0.2, -0.15) is 13.2 Å². The fraction of sp³-hybridized carbons (Fsp3) is 0.917. The second kappa shape index (κ2) is 6.31. The Hall–Kier alpha value is -0.490. The van der Waals surface area contributed by atoms with E-state index in [2.05, 4.69) is 0 Å². The smallest absolute Gasteiger partial charge is 0.342 e. The van der Waals surface area contributed by atoms with Gasteiger partial charge in [0, 0.05) is 25.0 Å². The Labute approximate surface area is 117 Å². The van der Waals surface area contributed by atoms with Crippen molar-refractivity contribution >= 4 is 18.3 Å². The number of carbonyl (C=O) groups is 1. The van der Waals surface area contributed by atoms with Crippen LogP contribution in [0, 0.1) is 11.8 Å². The van der Waals surface area contributed by atoms with Crippen LogP contribution in [0.25, 0.3) is 0 Å². The molecule has 0 aromatic heterocycles. The average molecular weight is 301 g/mol. The molecule has 112 valence electrons. The lowest BCUT2D eigenvalue weighted by atomic mass is 9.95. The first-order valence-corrected chi connectivity index (χ1v) is 6.49. The van der Waals surface area contributed by atoms with Crippen LogP contribution in [0.2, 0.25) is 0 Å². The predicted molar refractivity (Wildman–Crippen MR) is 67.9 cm³/mol. The molecule has 0 bridgehead atoms. The van der Waals surface area contributed by atoms with Crippen molar-refractivity contribution in [3.8, 4) is 0 Å². The zero-order valence-corrected chi connectivity index (χ0v) is 11.5. The van der Waals surface area contributed by atoms with Crippen LogP contribution >= 0.6 is 12.4 Å². The molecule has 3 unspecified atom stereocenters. The highest BCUT2D eigenvalue weighted by Gasteiger charge is 2.43. The minimum absolute atomic E-state index is 0. The molecule has 1 aliphatic heterocycles. The monoisotopic (exact) mass is 300 g/mol. The molecule has 2 fully saturated rings. The van der Waals surface area contributed by atoms with Crippen LogP contribution < -0.4 is 5.73 Å². The summed E-state index contributed by atoms with van der Waals surface area (Å²) in [5.74, 6) is -1.64. The van der Waals surface area contributed by atoms with Crippen LogP contribution in [0.4, 0.5) is 13.2 Å². The molecule has 1 aliphatic carbocycles. The van der Waals surface area contributed by atoms with Gasteiger partial charge >= 0.3 is 6.18 Å². The maximum absolute atomic E-state index is 12.7. The average Bonchev–Trinajstić information content (AvgIpc) is 2.74. The Kier molecular flexibility index (Phi) is 5.50. The third-order valence-corrected chi connectivity index (χ3v) is 4.02. The number of halogens is 4. The normalized spacial score (nSPS) is 32.0. The second-order valence-electron chi connectivity index (χ2n) is 5.44. The van der Waals surface area contributed by atoms with Gasteiger partial charge in [0.2, 0.25) is 5.91 Å². The van der Waals surface area contributed by atoms with Gasteiger partial charge in [-0.25, -0.2) is 0 Å². The first kappa shape index (κ1) is 16.6. The first-order valence-electron chi connectivity index (χ1n) is 6.49. The summed E-state index contributed by atoms with van der Waals surface area (Å²) in [6, 6.07) is 0.0298. The van der Waals surface area contributed by atoms with Gasteiger partial charge in [0.1, 0.15) is 0 Å². The molecule has 0 spiro atoms. The van der Waals surface area contributed by atoms with Gasteiger partial charge < -0.3 is 10.6 Å². The molecular formula is C12H20ClF3N2O. The van der Waals surface area contributed by atoms with Crippen molar-refractivity contribution in [2.75, 3.05) is 13.1 Å². The molecule has 2 aliphatic rings. The highest BCUT2D eigenvalue weighted by Crippen LogP contribution is 2.34. The zero-order chi connectivity index (χ0) is 13.3. The van der Waals surface area contributed by atoms with E-state index in [4.69, 9.17) is 5.73 Å². The van der Waals surface area contributed by atoms with Crippen molar-refractivity contribution in [2.45, 2.75) is 44.3 Å². The first-order chi connectivity index (χ1) is 8.38. The number of hydrogen-bond acceptors (Lipinski definition) is 2. The molecule has 0 radical (unpaired) electrons. The summed E-state index contributed by atoms with van der Waals surface area (Å²) < 4.78 is 38.0. The standard InChI is InChI=1S/C12H19F3N2O.ClH/c13-12(14,15)9-2-1-5-17(7-9)11(18)8-3-4-10(16)6-8;/h8-10H,1-7,16H2;1H. The molecule has 1 saturated carbocycles. The Bertz CT molecular complexity index is 325. The maximum Gasteiger partial charge on any atom is 0.393 e.